The van der Waals surface area contributed by atoms with Crippen LogP contribution in [0.3, 0.4) is 0 Å². The van der Waals surface area contributed by atoms with Gasteiger partial charge in [0.05, 0.1) is 0 Å². The summed E-state index contributed by atoms with van der Waals surface area (Å²) in [5.74, 6) is 0. The van der Waals surface area contributed by atoms with Gasteiger partial charge in [0.2, 0.25) is 0 Å². The molecule has 1 aliphatic carbocycles. The van der Waals surface area contributed by atoms with Crippen LogP contribution in [0.25, 0.3) is 0 Å². The molecule has 1 amide bonds. The molecule has 0 atom stereocenters. The van der Waals surface area contributed by atoms with Crippen LogP contribution >= 0.6 is 0 Å². The Bertz CT molecular complexity index is 649. The Labute approximate surface area is 143 Å². The van der Waals surface area contributed by atoms with E-state index in [-0.39, 0.29) is 12.1 Å². The molecule has 3 rings (SSSR count). The minimum atomic E-state index is -0.338. The quantitative estimate of drug-likeness (QED) is 0.840. The summed E-state index contributed by atoms with van der Waals surface area (Å²) in [6, 6.07) is 18.9. The van der Waals surface area contributed by atoms with Gasteiger partial charge in [0.1, 0.15) is 6.61 Å². The van der Waals surface area contributed by atoms with Crippen LogP contribution in [0.2, 0.25) is 0 Å². The summed E-state index contributed by atoms with van der Waals surface area (Å²) in [6.07, 6.45) is 2.57. The van der Waals surface area contributed by atoms with Gasteiger partial charge in [0.25, 0.3) is 0 Å². The normalized spacial score (nSPS) is 19.2. The van der Waals surface area contributed by atoms with Crippen molar-refractivity contribution in [1.29, 1.82) is 0 Å². The number of nitrogens with one attached hydrogen (secondary N) is 2. The number of carbonyl (C=O) groups is 1. The number of aryl methyl sites for hydroxylation is 1. The second kappa shape index (κ2) is 7.86. The second-order valence-corrected chi connectivity index (χ2v) is 6.27. The van der Waals surface area contributed by atoms with Gasteiger partial charge in [-0.3, -0.25) is 0 Å². The minimum absolute atomic E-state index is 0.195. The van der Waals surface area contributed by atoms with Gasteiger partial charge < -0.3 is 15.4 Å². The van der Waals surface area contributed by atoms with Gasteiger partial charge >= 0.3 is 6.09 Å². The Kier molecular flexibility index (Phi) is 5.36. The maximum absolute atomic E-state index is 11.8. The van der Waals surface area contributed by atoms with Gasteiger partial charge in [-0.05, 0) is 42.5 Å². The highest BCUT2D eigenvalue weighted by Gasteiger charge is 2.30. The summed E-state index contributed by atoms with van der Waals surface area (Å²) >= 11 is 0. The molecule has 0 unspecified atom stereocenters. The number of anilines is 1. The molecule has 1 saturated carbocycles. The van der Waals surface area contributed by atoms with E-state index < -0.39 is 0 Å². The zero-order valence-corrected chi connectivity index (χ0v) is 14.0. The first kappa shape index (κ1) is 16.4. The minimum Gasteiger partial charge on any atom is -0.445 e. The van der Waals surface area contributed by atoms with Gasteiger partial charge in [-0.15, -0.1) is 0 Å². The van der Waals surface area contributed by atoms with Crippen LogP contribution in [-0.4, -0.2) is 18.2 Å². The third-order valence-electron chi connectivity index (χ3n) is 4.41. The smallest absolute Gasteiger partial charge is 0.407 e. The molecule has 1 fully saturated rings. The van der Waals surface area contributed by atoms with Crippen molar-refractivity contribution in [2.24, 2.45) is 0 Å². The molecule has 4 nitrogen and oxygen atoms in total. The van der Waals surface area contributed by atoms with Crippen LogP contribution in [0.15, 0.2) is 54.6 Å². The number of amides is 1. The van der Waals surface area contributed by atoms with Gasteiger partial charge in [0, 0.05) is 17.8 Å². The van der Waals surface area contributed by atoms with Crippen molar-refractivity contribution in [2.75, 3.05) is 5.32 Å². The summed E-state index contributed by atoms with van der Waals surface area (Å²) in [7, 11) is 0. The summed E-state index contributed by atoms with van der Waals surface area (Å²) in [6.45, 7) is 2.46. The molecule has 0 heterocycles. The molecule has 2 N–H and O–H groups in total. The molecule has 4 heteroatoms. The Morgan fingerprint density at radius 3 is 2.38 bits per heavy atom. The van der Waals surface area contributed by atoms with Crippen molar-refractivity contribution >= 4 is 11.8 Å². The molecule has 2 aromatic carbocycles. The number of hydrogen-bond donors (Lipinski definition) is 2. The predicted octanol–water partition coefficient (Wildman–Crippen LogP) is 4.12. The number of ether oxygens (including phenoxy) is 1. The van der Waals surface area contributed by atoms with Crippen LogP contribution in [-0.2, 0) is 17.8 Å². The molecule has 0 spiro atoms. The van der Waals surface area contributed by atoms with Gasteiger partial charge in [-0.2, -0.15) is 0 Å². The highest BCUT2D eigenvalue weighted by Crippen LogP contribution is 2.24. The van der Waals surface area contributed by atoms with Crippen LogP contribution in [0.1, 0.15) is 30.9 Å². The summed E-state index contributed by atoms with van der Waals surface area (Å²) in [5, 5.41) is 6.42. The highest BCUT2D eigenvalue weighted by atomic mass is 16.5. The number of rotatable bonds is 6. The van der Waals surface area contributed by atoms with E-state index in [4.69, 9.17) is 4.74 Å². The first-order valence-corrected chi connectivity index (χ1v) is 8.55. The maximum Gasteiger partial charge on any atom is 0.407 e. The summed E-state index contributed by atoms with van der Waals surface area (Å²) in [5.41, 5.74) is 3.48. The van der Waals surface area contributed by atoms with E-state index in [9.17, 15) is 4.79 Å². The largest absolute Gasteiger partial charge is 0.445 e. The fourth-order valence-electron chi connectivity index (χ4n) is 2.86. The number of benzene rings is 2. The summed E-state index contributed by atoms with van der Waals surface area (Å²) < 4.78 is 5.24. The Morgan fingerprint density at radius 2 is 1.71 bits per heavy atom. The SMILES string of the molecule is CCc1ccc(NC2CC(NC(=O)OCc3ccccc3)C2)cc1. The van der Waals surface area contributed by atoms with Gasteiger partial charge in [0.15, 0.2) is 0 Å². The fourth-order valence-corrected chi connectivity index (χ4v) is 2.86. The molecule has 2 aromatic rings. The lowest BCUT2D eigenvalue weighted by Crippen LogP contribution is -2.49. The molecule has 0 aliphatic heterocycles. The number of hydrogen-bond acceptors (Lipinski definition) is 3. The fraction of sp³-hybridized carbons (Fsp3) is 0.350. The van der Waals surface area contributed by atoms with E-state index in [1.165, 1.54) is 5.56 Å². The zero-order valence-electron chi connectivity index (χ0n) is 14.0. The molecule has 0 aromatic heterocycles. The van der Waals surface area contributed by atoms with Crippen molar-refractivity contribution in [1.82, 2.24) is 5.32 Å². The lowest BCUT2D eigenvalue weighted by atomic mass is 9.86. The van der Waals surface area contributed by atoms with Crippen molar-refractivity contribution in [3.05, 3.63) is 65.7 Å². The number of alkyl carbamates (subject to hydrolysis) is 1. The number of carbonyl (C=O) groups excluding carboxylic acids is 1. The van der Waals surface area contributed by atoms with E-state index in [2.05, 4.69) is 41.8 Å². The molecular weight excluding hydrogens is 300 g/mol. The standard InChI is InChI=1S/C20H24N2O2/c1-2-15-8-10-17(11-9-15)21-18-12-19(13-18)22-20(23)24-14-16-6-4-3-5-7-16/h3-11,18-19,21H,2,12-14H2,1H3,(H,22,23). The molecule has 126 valence electrons. The first-order chi connectivity index (χ1) is 11.7. The predicted molar refractivity (Wildman–Crippen MR) is 96.0 cm³/mol. The van der Waals surface area contributed by atoms with Gasteiger partial charge in [-0.25, -0.2) is 4.79 Å². The van der Waals surface area contributed by atoms with E-state index in [0.717, 1.165) is 30.5 Å². The Morgan fingerprint density at radius 1 is 1.00 bits per heavy atom. The molecule has 24 heavy (non-hydrogen) atoms. The van der Waals surface area contributed by atoms with Crippen molar-refractivity contribution < 1.29 is 9.53 Å². The van der Waals surface area contributed by atoms with E-state index in [1.54, 1.807) is 0 Å². The van der Waals surface area contributed by atoms with Crippen LogP contribution in [0.5, 0.6) is 0 Å². The Hall–Kier alpha value is -2.49. The van der Waals surface area contributed by atoms with Crippen molar-refractivity contribution in [3.63, 3.8) is 0 Å². The zero-order chi connectivity index (χ0) is 16.8. The first-order valence-electron chi connectivity index (χ1n) is 8.55. The van der Waals surface area contributed by atoms with E-state index >= 15 is 0 Å². The lowest BCUT2D eigenvalue weighted by Gasteiger charge is -2.36. The lowest BCUT2D eigenvalue weighted by molar-refractivity contribution is 0.129. The van der Waals surface area contributed by atoms with Crippen LogP contribution in [0, 0.1) is 0 Å². The molecule has 1 aliphatic rings. The second-order valence-electron chi connectivity index (χ2n) is 6.27. The van der Waals surface area contributed by atoms with E-state index in [1.807, 2.05) is 30.3 Å². The van der Waals surface area contributed by atoms with Crippen molar-refractivity contribution in [3.8, 4) is 0 Å². The van der Waals surface area contributed by atoms with Crippen molar-refractivity contribution in [2.45, 2.75) is 44.9 Å². The topological polar surface area (TPSA) is 50.4 Å². The van der Waals surface area contributed by atoms with Gasteiger partial charge in [-0.1, -0.05) is 49.4 Å². The third kappa shape index (κ3) is 4.51. The average Bonchev–Trinajstić information content (AvgIpc) is 2.59. The third-order valence-corrected chi connectivity index (χ3v) is 4.41. The molecule has 0 bridgehead atoms. The molecule has 0 saturated heterocycles. The molecular formula is C20H24N2O2. The van der Waals surface area contributed by atoms with Crippen LogP contribution in [0.4, 0.5) is 10.5 Å². The van der Waals surface area contributed by atoms with E-state index in [0.29, 0.717) is 12.6 Å². The monoisotopic (exact) mass is 324 g/mol. The summed E-state index contributed by atoms with van der Waals surface area (Å²) in [4.78, 5) is 11.8. The molecule has 0 radical (unpaired) electrons. The highest BCUT2D eigenvalue weighted by molar-refractivity contribution is 5.67. The van der Waals surface area contributed by atoms with Crippen LogP contribution < -0.4 is 10.6 Å². The maximum atomic E-state index is 11.8. The Balaban J connectivity index is 1.35. The average molecular weight is 324 g/mol.